The first kappa shape index (κ1) is 19.5. The molecule has 1 atom stereocenters. The molecule has 0 fully saturated rings. The molecular weight excluding hydrogens is 322 g/mol. The van der Waals surface area contributed by atoms with Gasteiger partial charge in [-0.15, -0.1) is 0 Å². The summed E-state index contributed by atoms with van der Waals surface area (Å²) >= 11 is 0. The lowest BCUT2D eigenvalue weighted by Gasteiger charge is -2.10. The fourth-order valence-electron chi connectivity index (χ4n) is 2.67. The van der Waals surface area contributed by atoms with E-state index in [1.54, 1.807) is 24.3 Å². The molecular formula is C23H25NO2. The second-order valence-corrected chi connectivity index (χ2v) is 6.86. The Morgan fingerprint density at radius 2 is 1.65 bits per heavy atom. The first-order chi connectivity index (χ1) is 12.5. The Morgan fingerprint density at radius 3 is 2.19 bits per heavy atom. The zero-order valence-corrected chi connectivity index (χ0v) is 15.7. The van der Waals surface area contributed by atoms with Gasteiger partial charge < -0.3 is 4.74 Å². The zero-order chi connectivity index (χ0) is 18.9. The van der Waals surface area contributed by atoms with Crippen LogP contribution >= 0.6 is 0 Å². The maximum Gasteiger partial charge on any atom is 0.311 e. The van der Waals surface area contributed by atoms with E-state index in [9.17, 15) is 4.79 Å². The molecule has 0 aliphatic heterocycles. The highest BCUT2D eigenvalue weighted by molar-refractivity contribution is 5.73. The zero-order valence-electron chi connectivity index (χ0n) is 15.7. The van der Waals surface area contributed by atoms with Crippen LogP contribution in [0.3, 0.4) is 0 Å². The number of ether oxygens (including phenoxy) is 1. The summed E-state index contributed by atoms with van der Waals surface area (Å²) in [6, 6.07) is 17.0. The molecule has 3 nitrogen and oxygen atoms in total. The summed E-state index contributed by atoms with van der Waals surface area (Å²) in [5.74, 6) is 0.667. The number of carbonyl (C=O) groups is 1. The van der Waals surface area contributed by atoms with Gasteiger partial charge in [-0.2, -0.15) is 5.26 Å². The van der Waals surface area contributed by atoms with Crippen LogP contribution in [0.1, 0.15) is 45.6 Å². The average Bonchev–Trinajstić information content (AvgIpc) is 2.62. The fourth-order valence-corrected chi connectivity index (χ4v) is 2.67. The quantitative estimate of drug-likeness (QED) is 0.356. The minimum Gasteiger partial charge on any atom is -0.427 e. The predicted octanol–water partition coefficient (Wildman–Crippen LogP) is 5.90. The molecule has 0 amide bonds. The molecule has 3 heteroatoms. The van der Waals surface area contributed by atoms with Gasteiger partial charge in [0.15, 0.2) is 0 Å². The summed E-state index contributed by atoms with van der Waals surface area (Å²) in [6.07, 6.45) is 4.60. The first-order valence-electron chi connectivity index (χ1n) is 8.92. The normalized spacial score (nSPS) is 11.3. The number of carbonyl (C=O) groups excluding carboxylic acids is 1. The fraction of sp³-hybridized carbons (Fsp3) is 0.304. The highest BCUT2D eigenvalue weighted by atomic mass is 16.5. The van der Waals surface area contributed by atoms with Crippen LogP contribution in [0.2, 0.25) is 0 Å². The van der Waals surface area contributed by atoms with E-state index in [0.29, 0.717) is 23.7 Å². The van der Waals surface area contributed by atoms with Crippen LogP contribution in [0.25, 0.3) is 11.1 Å². The third-order valence-corrected chi connectivity index (χ3v) is 4.16. The third-order valence-electron chi connectivity index (χ3n) is 4.16. The molecule has 134 valence electrons. The number of nitriles is 1. The maximum absolute atomic E-state index is 12.1. The molecule has 0 spiro atoms. The van der Waals surface area contributed by atoms with Crippen molar-refractivity contribution in [2.24, 2.45) is 5.92 Å². The van der Waals surface area contributed by atoms with Crippen molar-refractivity contribution < 1.29 is 9.53 Å². The SMILES string of the molecule is CC(C)=CCC[C@@H](C)CC(=O)Oc1ccc(-c2ccc(C#N)cc2)cc1. The van der Waals surface area contributed by atoms with Crippen molar-refractivity contribution in [2.45, 2.75) is 40.0 Å². The lowest BCUT2D eigenvalue weighted by atomic mass is 10.0. The molecule has 0 N–H and O–H groups in total. The lowest BCUT2D eigenvalue weighted by Crippen LogP contribution is -2.12. The Kier molecular flexibility index (Phi) is 7.17. The Bertz CT molecular complexity index is 792. The minimum atomic E-state index is -0.194. The second-order valence-electron chi connectivity index (χ2n) is 6.86. The number of nitrogens with zero attached hydrogens (tertiary/aromatic N) is 1. The second kappa shape index (κ2) is 9.58. The number of esters is 1. The summed E-state index contributed by atoms with van der Waals surface area (Å²) in [5.41, 5.74) is 3.99. The van der Waals surface area contributed by atoms with Crippen LogP contribution in [0.5, 0.6) is 5.75 Å². The van der Waals surface area contributed by atoms with Gasteiger partial charge in [0, 0.05) is 6.42 Å². The monoisotopic (exact) mass is 347 g/mol. The summed E-state index contributed by atoms with van der Waals surface area (Å²) in [4.78, 5) is 12.1. The first-order valence-corrected chi connectivity index (χ1v) is 8.92. The Labute approximate surface area is 155 Å². The largest absolute Gasteiger partial charge is 0.427 e. The predicted molar refractivity (Wildman–Crippen MR) is 105 cm³/mol. The molecule has 2 rings (SSSR count). The van der Waals surface area contributed by atoms with Crippen molar-refractivity contribution in [3.05, 3.63) is 65.7 Å². The molecule has 0 saturated heterocycles. The van der Waals surface area contributed by atoms with Crippen LogP contribution in [0.15, 0.2) is 60.2 Å². The van der Waals surface area contributed by atoms with E-state index in [-0.39, 0.29) is 5.97 Å². The molecule has 0 aromatic heterocycles. The molecule has 2 aromatic carbocycles. The number of benzene rings is 2. The van der Waals surface area contributed by atoms with Crippen molar-refractivity contribution in [2.75, 3.05) is 0 Å². The van der Waals surface area contributed by atoms with Gasteiger partial charge in [0.2, 0.25) is 0 Å². The van der Waals surface area contributed by atoms with Crippen molar-refractivity contribution in [1.29, 1.82) is 5.26 Å². The van der Waals surface area contributed by atoms with Crippen LogP contribution in [-0.2, 0) is 4.79 Å². The number of hydrogen-bond donors (Lipinski definition) is 0. The minimum absolute atomic E-state index is 0.194. The third kappa shape index (κ3) is 6.22. The van der Waals surface area contributed by atoms with E-state index < -0.39 is 0 Å². The lowest BCUT2D eigenvalue weighted by molar-refractivity contribution is -0.135. The molecule has 0 aliphatic rings. The van der Waals surface area contributed by atoms with Gasteiger partial charge in [-0.3, -0.25) is 4.79 Å². The molecule has 0 heterocycles. The number of hydrogen-bond acceptors (Lipinski definition) is 3. The summed E-state index contributed by atoms with van der Waals surface area (Å²) in [5, 5.41) is 8.85. The van der Waals surface area contributed by atoms with Crippen LogP contribution in [0.4, 0.5) is 0 Å². The van der Waals surface area contributed by atoms with E-state index in [2.05, 4.69) is 32.9 Å². The molecule has 2 aromatic rings. The van der Waals surface area contributed by atoms with E-state index in [1.807, 2.05) is 24.3 Å². The van der Waals surface area contributed by atoms with Crippen molar-refractivity contribution in [3.63, 3.8) is 0 Å². The number of allylic oxidation sites excluding steroid dienone is 2. The van der Waals surface area contributed by atoms with Gasteiger partial charge in [0.05, 0.1) is 11.6 Å². The standard InChI is InChI=1S/C23H25NO2/c1-17(2)5-4-6-18(3)15-23(25)26-22-13-11-21(12-14-22)20-9-7-19(16-24)8-10-20/h5,7-14,18H,4,6,15H2,1-3H3/t18-/m1/s1. The van der Waals surface area contributed by atoms with Crippen molar-refractivity contribution >= 4 is 5.97 Å². The van der Waals surface area contributed by atoms with E-state index in [1.165, 1.54) is 5.57 Å². The van der Waals surface area contributed by atoms with Crippen LogP contribution in [-0.4, -0.2) is 5.97 Å². The van der Waals surface area contributed by atoms with Gasteiger partial charge in [-0.1, -0.05) is 42.8 Å². The topological polar surface area (TPSA) is 50.1 Å². The molecule has 0 bridgehead atoms. The average molecular weight is 347 g/mol. The highest BCUT2D eigenvalue weighted by Gasteiger charge is 2.11. The van der Waals surface area contributed by atoms with Gasteiger partial charge in [0.25, 0.3) is 0 Å². The molecule has 0 saturated carbocycles. The summed E-state index contributed by atoms with van der Waals surface area (Å²) < 4.78 is 5.44. The van der Waals surface area contributed by atoms with Gasteiger partial charge in [-0.25, -0.2) is 0 Å². The molecule has 0 aliphatic carbocycles. The summed E-state index contributed by atoms with van der Waals surface area (Å²) in [6.45, 7) is 6.25. The van der Waals surface area contributed by atoms with E-state index in [4.69, 9.17) is 10.00 Å². The molecule has 26 heavy (non-hydrogen) atoms. The Balaban J connectivity index is 1.89. The van der Waals surface area contributed by atoms with Gasteiger partial charge in [-0.05, 0) is 68.0 Å². The Morgan fingerprint density at radius 1 is 1.08 bits per heavy atom. The number of rotatable bonds is 7. The summed E-state index contributed by atoms with van der Waals surface area (Å²) in [7, 11) is 0. The van der Waals surface area contributed by atoms with Crippen molar-refractivity contribution in [3.8, 4) is 22.9 Å². The van der Waals surface area contributed by atoms with Crippen LogP contribution in [0, 0.1) is 17.2 Å². The van der Waals surface area contributed by atoms with Gasteiger partial charge >= 0.3 is 5.97 Å². The van der Waals surface area contributed by atoms with Gasteiger partial charge in [0.1, 0.15) is 5.75 Å². The van der Waals surface area contributed by atoms with E-state index in [0.717, 1.165) is 24.0 Å². The highest BCUT2D eigenvalue weighted by Crippen LogP contribution is 2.23. The van der Waals surface area contributed by atoms with Crippen LogP contribution < -0.4 is 4.74 Å². The molecule has 0 unspecified atom stereocenters. The molecule has 0 radical (unpaired) electrons. The van der Waals surface area contributed by atoms with Crippen molar-refractivity contribution in [1.82, 2.24) is 0 Å². The van der Waals surface area contributed by atoms with E-state index >= 15 is 0 Å². The Hall–Kier alpha value is -2.86. The smallest absolute Gasteiger partial charge is 0.311 e. The maximum atomic E-state index is 12.1.